The van der Waals surface area contributed by atoms with Gasteiger partial charge in [0.25, 0.3) is 10.0 Å². The van der Waals surface area contributed by atoms with Crippen LogP contribution in [-0.2, 0) is 16.4 Å². The number of benzene rings is 2. The second-order valence-electron chi connectivity index (χ2n) is 4.89. The summed E-state index contributed by atoms with van der Waals surface area (Å²) in [7, 11) is -3.73. The highest BCUT2D eigenvalue weighted by molar-refractivity contribution is 7.96. The average Bonchev–Trinajstić information content (AvgIpc) is 2.49. The van der Waals surface area contributed by atoms with Gasteiger partial charge in [0, 0.05) is 0 Å². The molecule has 0 radical (unpaired) electrons. The number of rotatable bonds is 3. The SMILES string of the molecule is O=S(=O)(Nc1ccccc1F)C1=Cc2ccccc2CC1. The summed E-state index contributed by atoms with van der Waals surface area (Å²) in [6, 6.07) is 13.4. The van der Waals surface area contributed by atoms with Crippen molar-refractivity contribution in [2.24, 2.45) is 0 Å². The van der Waals surface area contributed by atoms with E-state index in [0.717, 1.165) is 11.1 Å². The second kappa shape index (κ2) is 5.33. The van der Waals surface area contributed by atoms with Crippen molar-refractivity contribution in [3.8, 4) is 0 Å². The second-order valence-corrected chi connectivity index (χ2v) is 6.63. The van der Waals surface area contributed by atoms with E-state index in [9.17, 15) is 12.8 Å². The van der Waals surface area contributed by atoms with Crippen LogP contribution in [0.1, 0.15) is 17.5 Å². The zero-order valence-electron chi connectivity index (χ0n) is 11.2. The van der Waals surface area contributed by atoms with Gasteiger partial charge in [-0.3, -0.25) is 4.72 Å². The molecule has 0 aliphatic heterocycles. The van der Waals surface area contributed by atoms with Gasteiger partial charge in [-0.05, 0) is 42.2 Å². The number of allylic oxidation sites excluding steroid dienone is 1. The zero-order chi connectivity index (χ0) is 14.9. The molecule has 3 rings (SSSR count). The van der Waals surface area contributed by atoms with Gasteiger partial charge in [0.05, 0.1) is 10.6 Å². The first-order valence-electron chi connectivity index (χ1n) is 6.62. The van der Waals surface area contributed by atoms with Crippen molar-refractivity contribution in [2.75, 3.05) is 4.72 Å². The standard InChI is InChI=1S/C16H14FNO2S/c17-15-7-3-4-8-16(15)18-21(19,20)14-10-9-12-5-1-2-6-13(12)11-14/h1-8,11,18H,9-10H2. The average molecular weight is 303 g/mol. The van der Waals surface area contributed by atoms with Crippen molar-refractivity contribution >= 4 is 21.8 Å². The van der Waals surface area contributed by atoms with E-state index in [1.165, 1.54) is 18.2 Å². The molecule has 108 valence electrons. The number of anilines is 1. The molecule has 0 fully saturated rings. The molecule has 0 amide bonds. The lowest BCUT2D eigenvalue weighted by Crippen LogP contribution is -2.18. The topological polar surface area (TPSA) is 46.2 Å². The fraction of sp³-hybridized carbons (Fsp3) is 0.125. The van der Waals surface area contributed by atoms with Crippen LogP contribution in [0.3, 0.4) is 0 Å². The van der Waals surface area contributed by atoms with E-state index >= 15 is 0 Å². The Morgan fingerprint density at radius 3 is 2.48 bits per heavy atom. The largest absolute Gasteiger partial charge is 0.277 e. The van der Waals surface area contributed by atoms with E-state index in [2.05, 4.69) is 4.72 Å². The molecule has 0 saturated heterocycles. The van der Waals surface area contributed by atoms with E-state index in [4.69, 9.17) is 0 Å². The zero-order valence-corrected chi connectivity index (χ0v) is 12.0. The molecular formula is C16H14FNO2S. The van der Waals surface area contributed by atoms with E-state index in [0.29, 0.717) is 12.8 Å². The molecule has 0 unspecified atom stereocenters. The third-order valence-corrected chi connectivity index (χ3v) is 4.98. The summed E-state index contributed by atoms with van der Waals surface area (Å²) in [4.78, 5) is 0.282. The normalized spacial score (nSPS) is 14.2. The lowest BCUT2D eigenvalue weighted by atomic mass is 9.98. The third kappa shape index (κ3) is 2.83. The predicted octanol–water partition coefficient (Wildman–Crippen LogP) is 3.55. The monoisotopic (exact) mass is 303 g/mol. The lowest BCUT2D eigenvalue weighted by Gasteiger charge is -2.17. The number of halogens is 1. The molecule has 3 nitrogen and oxygen atoms in total. The van der Waals surface area contributed by atoms with Crippen LogP contribution in [0, 0.1) is 5.82 Å². The van der Waals surface area contributed by atoms with E-state index < -0.39 is 15.8 Å². The summed E-state index contributed by atoms with van der Waals surface area (Å²) in [5.74, 6) is -0.585. The molecule has 0 aromatic heterocycles. The summed E-state index contributed by atoms with van der Waals surface area (Å²) >= 11 is 0. The predicted molar refractivity (Wildman–Crippen MR) is 81.7 cm³/mol. The van der Waals surface area contributed by atoms with Gasteiger partial charge >= 0.3 is 0 Å². The van der Waals surface area contributed by atoms with E-state index in [-0.39, 0.29) is 10.6 Å². The van der Waals surface area contributed by atoms with Crippen molar-refractivity contribution in [1.82, 2.24) is 0 Å². The van der Waals surface area contributed by atoms with Crippen molar-refractivity contribution in [3.63, 3.8) is 0 Å². The fourth-order valence-electron chi connectivity index (χ4n) is 2.37. The summed E-state index contributed by atoms with van der Waals surface area (Å²) < 4.78 is 40.6. The molecule has 2 aromatic carbocycles. The molecular weight excluding hydrogens is 289 g/mol. The molecule has 0 heterocycles. The Morgan fingerprint density at radius 2 is 1.67 bits per heavy atom. The Balaban J connectivity index is 1.94. The van der Waals surface area contributed by atoms with Crippen molar-refractivity contribution in [3.05, 3.63) is 70.4 Å². The number of fused-ring (bicyclic) bond motifs is 1. The third-order valence-electron chi connectivity index (χ3n) is 3.48. The minimum absolute atomic E-state index is 0.0303. The summed E-state index contributed by atoms with van der Waals surface area (Å²) in [6.45, 7) is 0. The molecule has 0 saturated carbocycles. The number of hydrogen-bond acceptors (Lipinski definition) is 2. The van der Waals surface area contributed by atoms with Gasteiger partial charge in [0.2, 0.25) is 0 Å². The highest BCUT2D eigenvalue weighted by Crippen LogP contribution is 2.28. The van der Waals surface area contributed by atoms with E-state index in [1.54, 1.807) is 12.1 Å². The molecule has 5 heteroatoms. The first kappa shape index (κ1) is 13.8. The number of nitrogens with one attached hydrogen (secondary N) is 1. The minimum Gasteiger partial charge on any atom is -0.277 e. The highest BCUT2D eigenvalue weighted by Gasteiger charge is 2.22. The molecule has 1 N–H and O–H groups in total. The van der Waals surface area contributed by atoms with Gasteiger partial charge in [-0.25, -0.2) is 12.8 Å². The van der Waals surface area contributed by atoms with Gasteiger partial charge in [-0.1, -0.05) is 36.4 Å². The molecule has 21 heavy (non-hydrogen) atoms. The van der Waals surface area contributed by atoms with Crippen molar-refractivity contribution in [2.45, 2.75) is 12.8 Å². The molecule has 0 spiro atoms. The Morgan fingerprint density at radius 1 is 0.952 bits per heavy atom. The summed E-state index contributed by atoms with van der Waals surface area (Å²) in [5, 5.41) is 0. The van der Waals surface area contributed by atoms with Gasteiger partial charge in [0.1, 0.15) is 5.82 Å². The van der Waals surface area contributed by atoms with Gasteiger partial charge in [0.15, 0.2) is 0 Å². The first-order valence-corrected chi connectivity index (χ1v) is 8.10. The number of hydrogen-bond donors (Lipinski definition) is 1. The minimum atomic E-state index is -3.73. The maximum Gasteiger partial charge on any atom is 0.258 e. The van der Waals surface area contributed by atoms with Crippen molar-refractivity contribution in [1.29, 1.82) is 0 Å². The Bertz CT molecular complexity index is 813. The van der Waals surface area contributed by atoms with Crippen LogP contribution in [0.2, 0.25) is 0 Å². The van der Waals surface area contributed by atoms with Crippen LogP contribution in [0.15, 0.2) is 53.4 Å². The molecule has 1 aliphatic rings. The smallest absolute Gasteiger partial charge is 0.258 e. The maximum atomic E-state index is 13.6. The van der Waals surface area contributed by atoms with Crippen LogP contribution >= 0.6 is 0 Å². The Labute approximate surface area is 123 Å². The molecule has 0 bridgehead atoms. The van der Waals surface area contributed by atoms with Gasteiger partial charge in [-0.15, -0.1) is 0 Å². The van der Waals surface area contributed by atoms with E-state index in [1.807, 2.05) is 24.3 Å². The summed E-state index contributed by atoms with van der Waals surface area (Å²) in [5.41, 5.74) is 2.00. The number of sulfonamides is 1. The maximum absolute atomic E-state index is 13.6. The Kier molecular flexibility index (Phi) is 3.51. The van der Waals surface area contributed by atoms with Crippen LogP contribution < -0.4 is 4.72 Å². The lowest BCUT2D eigenvalue weighted by molar-refractivity contribution is 0.602. The number of para-hydroxylation sites is 1. The summed E-state index contributed by atoms with van der Waals surface area (Å²) in [6.07, 6.45) is 2.74. The quantitative estimate of drug-likeness (QED) is 0.942. The first-order chi connectivity index (χ1) is 10.1. The van der Waals surface area contributed by atoms with Crippen LogP contribution in [0.25, 0.3) is 6.08 Å². The van der Waals surface area contributed by atoms with Crippen LogP contribution in [0.4, 0.5) is 10.1 Å². The Hall–Kier alpha value is -2.14. The van der Waals surface area contributed by atoms with Crippen LogP contribution in [0.5, 0.6) is 0 Å². The number of aryl methyl sites for hydroxylation is 1. The van der Waals surface area contributed by atoms with Gasteiger partial charge < -0.3 is 0 Å². The highest BCUT2D eigenvalue weighted by atomic mass is 32.2. The molecule has 1 aliphatic carbocycles. The van der Waals surface area contributed by atoms with Crippen molar-refractivity contribution < 1.29 is 12.8 Å². The molecule has 2 aromatic rings. The molecule has 0 atom stereocenters. The van der Waals surface area contributed by atoms with Gasteiger partial charge in [-0.2, -0.15) is 0 Å². The van der Waals surface area contributed by atoms with Crippen LogP contribution in [-0.4, -0.2) is 8.42 Å². The fourth-order valence-corrected chi connectivity index (χ4v) is 3.61.